The van der Waals surface area contributed by atoms with E-state index in [0.717, 1.165) is 44.0 Å². The van der Waals surface area contributed by atoms with Crippen molar-refractivity contribution >= 4 is 23.0 Å². The van der Waals surface area contributed by atoms with E-state index in [4.69, 9.17) is 11.6 Å². The van der Waals surface area contributed by atoms with Crippen molar-refractivity contribution < 1.29 is 4.92 Å². The number of nitro benzene ring substituents is 1. The molecule has 1 fully saturated rings. The number of anilines is 1. The molecule has 5 nitrogen and oxygen atoms in total. The van der Waals surface area contributed by atoms with Gasteiger partial charge in [0.15, 0.2) is 0 Å². The molecule has 1 heterocycles. The molecule has 0 unspecified atom stereocenters. The van der Waals surface area contributed by atoms with Crippen molar-refractivity contribution in [2.45, 2.75) is 12.4 Å². The van der Waals surface area contributed by atoms with Crippen LogP contribution in [0.1, 0.15) is 11.1 Å². The van der Waals surface area contributed by atoms with Gasteiger partial charge in [0.05, 0.1) is 4.92 Å². The van der Waals surface area contributed by atoms with E-state index in [0.29, 0.717) is 5.88 Å². The molecule has 0 bridgehead atoms. The van der Waals surface area contributed by atoms with Crippen LogP contribution in [0, 0.1) is 10.1 Å². The van der Waals surface area contributed by atoms with Gasteiger partial charge >= 0.3 is 0 Å². The molecule has 1 aliphatic rings. The smallest absolute Gasteiger partial charge is 0.269 e. The summed E-state index contributed by atoms with van der Waals surface area (Å²) in [5.41, 5.74) is 3.63. The van der Waals surface area contributed by atoms with E-state index >= 15 is 0 Å². The Bertz CT molecular complexity index is 680. The van der Waals surface area contributed by atoms with Crippen molar-refractivity contribution in [3.8, 4) is 0 Å². The Hall–Kier alpha value is -2.11. The normalized spacial score (nSPS) is 15.5. The first-order valence-corrected chi connectivity index (χ1v) is 8.55. The van der Waals surface area contributed by atoms with E-state index in [1.807, 2.05) is 12.1 Å². The van der Waals surface area contributed by atoms with Crippen LogP contribution in [0.3, 0.4) is 0 Å². The Morgan fingerprint density at radius 1 is 0.917 bits per heavy atom. The molecule has 1 saturated heterocycles. The van der Waals surface area contributed by atoms with Crippen molar-refractivity contribution in [3.05, 3.63) is 69.8 Å². The molecule has 6 heteroatoms. The lowest BCUT2D eigenvalue weighted by Crippen LogP contribution is -2.45. The first-order valence-electron chi connectivity index (χ1n) is 8.01. The second-order valence-electron chi connectivity index (χ2n) is 5.99. The van der Waals surface area contributed by atoms with E-state index < -0.39 is 0 Å². The number of non-ortho nitro benzene ring substituents is 1. The second-order valence-corrected chi connectivity index (χ2v) is 6.25. The van der Waals surface area contributed by atoms with E-state index in [-0.39, 0.29) is 10.6 Å². The summed E-state index contributed by atoms with van der Waals surface area (Å²) < 4.78 is 0. The number of halogens is 1. The Labute approximate surface area is 146 Å². The highest BCUT2D eigenvalue weighted by molar-refractivity contribution is 6.17. The topological polar surface area (TPSA) is 49.6 Å². The summed E-state index contributed by atoms with van der Waals surface area (Å²) in [5.74, 6) is 0.550. The number of hydrogen-bond donors (Lipinski definition) is 0. The van der Waals surface area contributed by atoms with Gasteiger partial charge in [0, 0.05) is 56.4 Å². The third kappa shape index (κ3) is 4.04. The van der Waals surface area contributed by atoms with Crippen molar-refractivity contribution in [2.24, 2.45) is 0 Å². The van der Waals surface area contributed by atoms with Crippen LogP contribution < -0.4 is 4.90 Å². The van der Waals surface area contributed by atoms with Crippen molar-refractivity contribution in [1.29, 1.82) is 0 Å². The quantitative estimate of drug-likeness (QED) is 0.471. The SMILES string of the molecule is O=[N+]([O-])c1ccc(N2CCN(Cc3ccc(CCl)cc3)CC2)cc1. The first-order chi connectivity index (χ1) is 11.7. The van der Waals surface area contributed by atoms with Crippen LogP contribution >= 0.6 is 11.6 Å². The molecule has 1 aliphatic heterocycles. The van der Waals surface area contributed by atoms with Gasteiger partial charge in [-0.05, 0) is 23.3 Å². The first kappa shape index (κ1) is 16.7. The van der Waals surface area contributed by atoms with Crippen LogP contribution in [0.15, 0.2) is 48.5 Å². The van der Waals surface area contributed by atoms with E-state index in [9.17, 15) is 10.1 Å². The average Bonchev–Trinajstić information content (AvgIpc) is 2.63. The lowest BCUT2D eigenvalue weighted by molar-refractivity contribution is -0.384. The number of nitro groups is 1. The third-order valence-electron chi connectivity index (χ3n) is 4.38. The predicted octanol–water partition coefficient (Wildman–Crippen LogP) is 3.66. The maximum absolute atomic E-state index is 10.7. The minimum absolute atomic E-state index is 0.137. The van der Waals surface area contributed by atoms with Crippen molar-refractivity contribution in [3.63, 3.8) is 0 Å². The Morgan fingerprint density at radius 3 is 2.04 bits per heavy atom. The van der Waals surface area contributed by atoms with Gasteiger partial charge in [-0.25, -0.2) is 0 Å². The monoisotopic (exact) mass is 345 g/mol. The Balaban J connectivity index is 1.54. The summed E-state index contributed by atoms with van der Waals surface area (Å²) in [6, 6.07) is 15.2. The summed E-state index contributed by atoms with van der Waals surface area (Å²) in [5, 5.41) is 10.7. The molecule has 126 valence electrons. The largest absolute Gasteiger partial charge is 0.369 e. The van der Waals surface area contributed by atoms with Gasteiger partial charge < -0.3 is 4.90 Å². The molecule has 0 amide bonds. The number of hydrogen-bond acceptors (Lipinski definition) is 4. The molecule has 2 aromatic rings. The number of nitrogens with zero attached hydrogens (tertiary/aromatic N) is 3. The summed E-state index contributed by atoms with van der Waals surface area (Å²) in [6.07, 6.45) is 0. The highest BCUT2D eigenvalue weighted by Gasteiger charge is 2.18. The maximum Gasteiger partial charge on any atom is 0.269 e. The minimum Gasteiger partial charge on any atom is -0.369 e. The zero-order valence-electron chi connectivity index (χ0n) is 13.4. The second kappa shape index (κ2) is 7.64. The fraction of sp³-hybridized carbons (Fsp3) is 0.333. The van der Waals surface area contributed by atoms with Gasteiger partial charge in [0.25, 0.3) is 5.69 Å². The molecule has 0 spiro atoms. The molecular weight excluding hydrogens is 326 g/mol. The highest BCUT2D eigenvalue weighted by Crippen LogP contribution is 2.21. The van der Waals surface area contributed by atoms with E-state index in [1.165, 1.54) is 5.56 Å². The molecule has 0 atom stereocenters. The molecule has 0 aromatic heterocycles. The summed E-state index contributed by atoms with van der Waals surface area (Å²) >= 11 is 5.82. The minimum atomic E-state index is -0.364. The van der Waals surface area contributed by atoms with Gasteiger partial charge in [0.1, 0.15) is 0 Å². The molecular formula is C18H20ClN3O2. The van der Waals surface area contributed by atoms with Crippen molar-refractivity contribution in [2.75, 3.05) is 31.1 Å². The highest BCUT2D eigenvalue weighted by atomic mass is 35.5. The predicted molar refractivity (Wildman–Crippen MR) is 96.6 cm³/mol. The van der Waals surface area contributed by atoms with E-state index in [2.05, 4.69) is 34.1 Å². The van der Waals surface area contributed by atoms with Crippen LogP contribution in [0.5, 0.6) is 0 Å². The number of piperazine rings is 1. The van der Waals surface area contributed by atoms with Crippen LogP contribution in [-0.4, -0.2) is 36.0 Å². The molecule has 0 radical (unpaired) electrons. The molecule has 0 aliphatic carbocycles. The van der Waals surface area contributed by atoms with Gasteiger partial charge in [-0.3, -0.25) is 15.0 Å². The Kier molecular flexibility index (Phi) is 5.33. The van der Waals surface area contributed by atoms with E-state index in [1.54, 1.807) is 12.1 Å². The molecule has 24 heavy (non-hydrogen) atoms. The number of benzene rings is 2. The lowest BCUT2D eigenvalue weighted by atomic mass is 10.1. The average molecular weight is 346 g/mol. The number of alkyl halides is 1. The zero-order chi connectivity index (χ0) is 16.9. The van der Waals surface area contributed by atoms with Gasteiger partial charge in [-0.15, -0.1) is 11.6 Å². The summed E-state index contributed by atoms with van der Waals surface area (Å²) in [7, 11) is 0. The van der Waals surface area contributed by atoms with Crippen LogP contribution in [0.4, 0.5) is 11.4 Å². The van der Waals surface area contributed by atoms with Gasteiger partial charge in [-0.1, -0.05) is 24.3 Å². The standard InChI is InChI=1S/C18H20ClN3O2/c19-13-15-1-3-16(4-2-15)14-20-9-11-21(12-10-20)17-5-7-18(8-6-17)22(23)24/h1-8H,9-14H2. The van der Waals surface area contributed by atoms with Crippen LogP contribution in [0.2, 0.25) is 0 Å². The lowest BCUT2D eigenvalue weighted by Gasteiger charge is -2.36. The fourth-order valence-corrected chi connectivity index (χ4v) is 3.12. The summed E-state index contributed by atoms with van der Waals surface area (Å²) in [6.45, 7) is 4.76. The molecule has 0 N–H and O–H groups in total. The zero-order valence-corrected chi connectivity index (χ0v) is 14.2. The number of rotatable bonds is 5. The van der Waals surface area contributed by atoms with Gasteiger partial charge in [0.2, 0.25) is 0 Å². The molecule has 0 saturated carbocycles. The fourth-order valence-electron chi connectivity index (χ4n) is 2.94. The van der Waals surface area contributed by atoms with Crippen LogP contribution in [-0.2, 0) is 12.4 Å². The molecule has 3 rings (SSSR count). The molecule has 2 aromatic carbocycles. The Morgan fingerprint density at radius 2 is 1.50 bits per heavy atom. The maximum atomic E-state index is 10.7. The van der Waals surface area contributed by atoms with Crippen molar-refractivity contribution in [1.82, 2.24) is 4.90 Å². The third-order valence-corrected chi connectivity index (χ3v) is 4.69. The van der Waals surface area contributed by atoms with Gasteiger partial charge in [-0.2, -0.15) is 0 Å². The summed E-state index contributed by atoms with van der Waals surface area (Å²) in [4.78, 5) is 15.1. The van der Waals surface area contributed by atoms with Crippen LogP contribution in [0.25, 0.3) is 0 Å².